The molecule has 1 aliphatic rings. The molecule has 2 rings (SSSR count). The van der Waals surface area contributed by atoms with E-state index in [1.165, 1.54) is 32.1 Å². The minimum atomic E-state index is -0.204. The zero-order chi connectivity index (χ0) is 19.5. The van der Waals surface area contributed by atoms with Crippen LogP contribution < -0.4 is 5.32 Å². The van der Waals surface area contributed by atoms with Gasteiger partial charge in [0, 0.05) is 18.5 Å². The first kappa shape index (κ1) is 21.5. The molecule has 0 bridgehead atoms. The van der Waals surface area contributed by atoms with Crippen molar-refractivity contribution >= 4 is 17.6 Å². The molecule has 1 heterocycles. The molecule has 1 aromatic heterocycles. The van der Waals surface area contributed by atoms with E-state index in [1.807, 2.05) is 4.90 Å². The lowest BCUT2D eigenvalue weighted by molar-refractivity contribution is -0.137. The fraction of sp³-hybridized carbons (Fsp3) is 0.762. The highest BCUT2D eigenvalue weighted by atomic mass is 16.5. The van der Waals surface area contributed by atoms with Gasteiger partial charge in [0.1, 0.15) is 12.3 Å². The smallest absolute Gasteiger partial charge is 0.245 e. The minimum Gasteiger partial charge on any atom is -0.360 e. The average Bonchev–Trinajstić information content (AvgIpc) is 3.07. The number of hydrogen-bond donors (Lipinski definition) is 1. The maximum atomic E-state index is 12.8. The summed E-state index contributed by atoms with van der Waals surface area (Å²) in [7, 11) is 0. The lowest BCUT2D eigenvalue weighted by atomic mass is 9.93. The summed E-state index contributed by atoms with van der Waals surface area (Å²) in [6.07, 6.45) is 13.0. The quantitative estimate of drug-likeness (QED) is 0.560. The van der Waals surface area contributed by atoms with Crippen molar-refractivity contribution in [2.45, 2.75) is 96.9 Å². The topological polar surface area (TPSA) is 75.4 Å². The number of unbranched alkanes of at least 4 members (excludes halogenated alkanes) is 5. The number of aryl methyl sites for hydroxylation is 1. The Morgan fingerprint density at radius 3 is 2.52 bits per heavy atom. The first-order valence-corrected chi connectivity index (χ1v) is 10.6. The molecule has 1 aliphatic carbocycles. The Hall–Kier alpha value is -1.85. The predicted molar refractivity (Wildman–Crippen MR) is 106 cm³/mol. The maximum Gasteiger partial charge on any atom is 0.245 e. The SMILES string of the molecule is CCCCCCCCC(=O)N(CC(=O)Nc1cc(C)on1)C1CCCCC1. The van der Waals surface area contributed by atoms with Crippen LogP contribution in [-0.4, -0.2) is 34.5 Å². The number of amides is 2. The van der Waals surface area contributed by atoms with E-state index in [0.717, 1.165) is 38.5 Å². The van der Waals surface area contributed by atoms with Gasteiger partial charge in [-0.15, -0.1) is 0 Å². The van der Waals surface area contributed by atoms with Crippen molar-refractivity contribution < 1.29 is 14.1 Å². The van der Waals surface area contributed by atoms with E-state index in [2.05, 4.69) is 17.4 Å². The number of nitrogens with zero attached hydrogens (tertiary/aromatic N) is 2. The van der Waals surface area contributed by atoms with Crippen molar-refractivity contribution in [2.75, 3.05) is 11.9 Å². The zero-order valence-corrected chi connectivity index (χ0v) is 17.0. The van der Waals surface area contributed by atoms with E-state index >= 15 is 0 Å². The Labute approximate surface area is 163 Å². The number of carbonyl (C=O) groups is 2. The standard InChI is InChI=1S/C21H35N3O3/c1-3-4-5-6-7-11-14-21(26)24(18-12-9-8-10-13-18)16-20(25)22-19-15-17(2)27-23-19/h15,18H,3-14,16H2,1-2H3,(H,22,23,25). The highest BCUT2D eigenvalue weighted by molar-refractivity contribution is 5.93. The molecule has 6 nitrogen and oxygen atoms in total. The molecule has 1 fully saturated rings. The van der Waals surface area contributed by atoms with Gasteiger partial charge in [0.15, 0.2) is 5.82 Å². The molecule has 1 saturated carbocycles. The summed E-state index contributed by atoms with van der Waals surface area (Å²) in [5.74, 6) is 0.965. The van der Waals surface area contributed by atoms with Gasteiger partial charge in [-0.3, -0.25) is 9.59 Å². The number of anilines is 1. The van der Waals surface area contributed by atoms with Crippen LogP contribution in [0.5, 0.6) is 0 Å². The molecule has 1 N–H and O–H groups in total. The molecular formula is C21H35N3O3. The second-order valence-electron chi connectivity index (χ2n) is 7.70. The number of nitrogens with one attached hydrogen (secondary N) is 1. The van der Waals surface area contributed by atoms with Gasteiger partial charge in [-0.2, -0.15) is 0 Å². The maximum absolute atomic E-state index is 12.8. The van der Waals surface area contributed by atoms with Crippen LogP contribution in [-0.2, 0) is 9.59 Å². The second-order valence-corrected chi connectivity index (χ2v) is 7.70. The number of carbonyl (C=O) groups excluding carboxylic acids is 2. The third kappa shape index (κ3) is 7.73. The van der Waals surface area contributed by atoms with Crippen molar-refractivity contribution in [2.24, 2.45) is 0 Å². The van der Waals surface area contributed by atoms with Gasteiger partial charge in [-0.05, 0) is 26.2 Å². The lowest BCUT2D eigenvalue weighted by Gasteiger charge is -2.34. The van der Waals surface area contributed by atoms with Crippen LogP contribution in [0.3, 0.4) is 0 Å². The van der Waals surface area contributed by atoms with Crippen LogP contribution in [0.15, 0.2) is 10.6 Å². The van der Waals surface area contributed by atoms with E-state index in [1.54, 1.807) is 13.0 Å². The fourth-order valence-corrected chi connectivity index (χ4v) is 3.78. The third-order valence-corrected chi connectivity index (χ3v) is 5.29. The molecular weight excluding hydrogens is 342 g/mol. The van der Waals surface area contributed by atoms with Gasteiger partial charge < -0.3 is 14.7 Å². The molecule has 152 valence electrons. The molecule has 0 spiro atoms. The van der Waals surface area contributed by atoms with Gasteiger partial charge in [0.25, 0.3) is 0 Å². The molecule has 0 atom stereocenters. The summed E-state index contributed by atoms with van der Waals surface area (Å²) in [4.78, 5) is 27.1. The number of rotatable bonds is 11. The Morgan fingerprint density at radius 1 is 1.15 bits per heavy atom. The lowest BCUT2D eigenvalue weighted by Crippen LogP contribution is -2.45. The summed E-state index contributed by atoms with van der Waals surface area (Å²) >= 11 is 0. The monoisotopic (exact) mass is 377 g/mol. The minimum absolute atomic E-state index is 0.102. The van der Waals surface area contributed by atoms with Gasteiger partial charge in [0.2, 0.25) is 11.8 Å². The molecule has 1 aromatic rings. The zero-order valence-electron chi connectivity index (χ0n) is 17.0. The molecule has 0 aromatic carbocycles. The van der Waals surface area contributed by atoms with Crippen LogP contribution in [0.2, 0.25) is 0 Å². The Balaban J connectivity index is 1.85. The Morgan fingerprint density at radius 2 is 1.85 bits per heavy atom. The van der Waals surface area contributed by atoms with Gasteiger partial charge >= 0.3 is 0 Å². The van der Waals surface area contributed by atoms with Crippen molar-refractivity contribution in [3.05, 3.63) is 11.8 Å². The summed E-state index contributed by atoms with van der Waals surface area (Å²) in [6.45, 7) is 4.09. The highest BCUT2D eigenvalue weighted by Crippen LogP contribution is 2.24. The highest BCUT2D eigenvalue weighted by Gasteiger charge is 2.27. The van der Waals surface area contributed by atoms with Gasteiger partial charge in [-0.1, -0.05) is 63.4 Å². The normalized spacial score (nSPS) is 14.9. The molecule has 0 unspecified atom stereocenters. The van der Waals surface area contributed by atoms with Crippen LogP contribution in [0, 0.1) is 6.92 Å². The van der Waals surface area contributed by atoms with Gasteiger partial charge in [-0.25, -0.2) is 0 Å². The third-order valence-electron chi connectivity index (χ3n) is 5.29. The number of hydrogen-bond acceptors (Lipinski definition) is 4. The molecule has 6 heteroatoms. The molecule has 2 amide bonds. The summed E-state index contributed by atoms with van der Waals surface area (Å²) in [5.41, 5.74) is 0. The van der Waals surface area contributed by atoms with Crippen LogP contribution in [0.25, 0.3) is 0 Å². The number of aromatic nitrogens is 1. The van der Waals surface area contributed by atoms with Crippen molar-refractivity contribution in [3.63, 3.8) is 0 Å². The predicted octanol–water partition coefficient (Wildman–Crippen LogP) is 4.83. The van der Waals surface area contributed by atoms with Crippen LogP contribution in [0.1, 0.15) is 89.7 Å². The average molecular weight is 378 g/mol. The molecule has 0 saturated heterocycles. The summed E-state index contributed by atoms with van der Waals surface area (Å²) in [6, 6.07) is 1.87. The molecule has 27 heavy (non-hydrogen) atoms. The van der Waals surface area contributed by atoms with E-state index in [4.69, 9.17) is 4.52 Å². The van der Waals surface area contributed by atoms with Crippen molar-refractivity contribution in [1.82, 2.24) is 10.1 Å². The van der Waals surface area contributed by atoms with E-state index in [-0.39, 0.29) is 24.4 Å². The van der Waals surface area contributed by atoms with Crippen molar-refractivity contribution in [3.8, 4) is 0 Å². The van der Waals surface area contributed by atoms with E-state index < -0.39 is 0 Å². The van der Waals surface area contributed by atoms with Gasteiger partial charge in [0.05, 0.1) is 0 Å². The molecule has 0 aliphatic heterocycles. The van der Waals surface area contributed by atoms with Crippen LogP contribution >= 0.6 is 0 Å². The van der Waals surface area contributed by atoms with Crippen molar-refractivity contribution in [1.29, 1.82) is 0 Å². The Kier molecular flexibility index (Phi) is 9.36. The summed E-state index contributed by atoms with van der Waals surface area (Å²) < 4.78 is 4.98. The largest absolute Gasteiger partial charge is 0.360 e. The van der Waals surface area contributed by atoms with E-state index in [0.29, 0.717) is 18.0 Å². The summed E-state index contributed by atoms with van der Waals surface area (Å²) in [5, 5.41) is 6.54. The van der Waals surface area contributed by atoms with E-state index in [9.17, 15) is 9.59 Å². The van der Waals surface area contributed by atoms with Crippen LogP contribution in [0.4, 0.5) is 5.82 Å². The molecule has 0 radical (unpaired) electrons. The second kappa shape index (κ2) is 11.8. The Bertz CT molecular complexity index is 579. The first-order valence-electron chi connectivity index (χ1n) is 10.6. The first-order chi connectivity index (χ1) is 13.1. The fourth-order valence-electron chi connectivity index (χ4n) is 3.78.